The van der Waals surface area contributed by atoms with Crippen LogP contribution < -0.4 is 10.1 Å². The van der Waals surface area contributed by atoms with Crippen molar-refractivity contribution in [1.29, 1.82) is 0 Å². The van der Waals surface area contributed by atoms with Crippen LogP contribution in [-0.2, 0) is 0 Å². The Morgan fingerprint density at radius 1 is 1.18 bits per heavy atom. The lowest BCUT2D eigenvalue weighted by Crippen LogP contribution is -2.11. The minimum atomic E-state index is -0.198. The van der Waals surface area contributed by atoms with E-state index < -0.39 is 0 Å². The fraction of sp³-hybridized carbons (Fsp3) is 0.176. The molecule has 0 radical (unpaired) electrons. The maximum Gasteiger partial charge on any atom is 0.255 e. The predicted molar refractivity (Wildman–Crippen MR) is 84.2 cm³/mol. The first-order valence-corrected chi connectivity index (χ1v) is 7.03. The first kappa shape index (κ1) is 14.1. The van der Waals surface area contributed by atoms with Crippen molar-refractivity contribution in [3.8, 4) is 5.75 Å². The van der Waals surface area contributed by atoms with Gasteiger partial charge in [-0.3, -0.25) is 4.79 Å². The molecule has 1 N–H and O–H groups in total. The van der Waals surface area contributed by atoms with E-state index in [2.05, 4.69) is 10.3 Å². The third-order valence-corrected chi connectivity index (χ3v) is 3.08. The lowest BCUT2D eigenvalue weighted by atomic mass is 10.2. The molecule has 0 atom stereocenters. The number of nitrogens with zero attached hydrogens (tertiary/aromatic N) is 1. The number of ether oxygens (including phenoxy) is 1. The second kappa shape index (κ2) is 5.89. The van der Waals surface area contributed by atoms with Crippen molar-refractivity contribution in [2.45, 2.75) is 20.0 Å². The van der Waals surface area contributed by atoms with Crippen LogP contribution in [0.25, 0.3) is 11.1 Å². The van der Waals surface area contributed by atoms with Crippen LogP contribution in [0.3, 0.4) is 0 Å². The van der Waals surface area contributed by atoms with Crippen molar-refractivity contribution < 1.29 is 13.9 Å². The number of anilines is 1. The lowest BCUT2D eigenvalue weighted by molar-refractivity contribution is 0.102. The number of amides is 1. The van der Waals surface area contributed by atoms with Gasteiger partial charge in [-0.15, -0.1) is 0 Å². The first-order chi connectivity index (χ1) is 10.6. The standard InChI is InChI=1S/C17H16N2O3/c1-11(2)22-14-6-4-13(5-7-14)19-17(20)12-3-8-15-16(9-12)21-10-18-15/h3-11H,1-2H3,(H,19,20). The van der Waals surface area contributed by atoms with Gasteiger partial charge in [0, 0.05) is 11.3 Å². The number of carbonyl (C=O) groups is 1. The fourth-order valence-corrected chi connectivity index (χ4v) is 2.09. The second-order valence-corrected chi connectivity index (χ2v) is 5.18. The third kappa shape index (κ3) is 3.09. The number of hydrogen-bond acceptors (Lipinski definition) is 4. The van der Waals surface area contributed by atoms with Gasteiger partial charge in [-0.25, -0.2) is 4.98 Å². The summed E-state index contributed by atoms with van der Waals surface area (Å²) in [6.07, 6.45) is 1.48. The quantitative estimate of drug-likeness (QED) is 0.793. The molecule has 22 heavy (non-hydrogen) atoms. The molecule has 1 amide bonds. The van der Waals surface area contributed by atoms with E-state index in [0.29, 0.717) is 16.8 Å². The van der Waals surface area contributed by atoms with Gasteiger partial charge in [0.25, 0.3) is 5.91 Å². The Hall–Kier alpha value is -2.82. The molecule has 0 aliphatic carbocycles. The molecule has 3 aromatic rings. The Balaban J connectivity index is 1.73. The molecule has 0 aliphatic heterocycles. The molecule has 0 fully saturated rings. The van der Waals surface area contributed by atoms with Crippen molar-refractivity contribution in [3.05, 3.63) is 54.4 Å². The van der Waals surface area contributed by atoms with Gasteiger partial charge >= 0.3 is 0 Å². The SMILES string of the molecule is CC(C)Oc1ccc(NC(=O)c2ccc3ncoc3c2)cc1. The lowest BCUT2D eigenvalue weighted by Gasteiger charge is -2.10. The maximum absolute atomic E-state index is 12.2. The van der Waals surface area contributed by atoms with Gasteiger partial charge in [-0.1, -0.05) is 0 Å². The number of rotatable bonds is 4. The highest BCUT2D eigenvalue weighted by molar-refractivity contribution is 6.05. The number of benzene rings is 2. The average Bonchev–Trinajstić information content (AvgIpc) is 2.96. The van der Waals surface area contributed by atoms with E-state index in [-0.39, 0.29) is 12.0 Å². The number of hydrogen-bond donors (Lipinski definition) is 1. The molecule has 0 spiro atoms. The Labute approximate surface area is 127 Å². The molecule has 0 aliphatic rings. The summed E-state index contributed by atoms with van der Waals surface area (Å²) >= 11 is 0. The summed E-state index contributed by atoms with van der Waals surface area (Å²) in [6.45, 7) is 3.94. The first-order valence-electron chi connectivity index (χ1n) is 7.03. The van der Waals surface area contributed by atoms with Gasteiger partial charge in [-0.2, -0.15) is 0 Å². The van der Waals surface area contributed by atoms with E-state index in [9.17, 15) is 4.79 Å². The molecule has 0 saturated carbocycles. The van der Waals surface area contributed by atoms with E-state index in [0.717, 1.165) is 11.3 Å². The summed E-state index contributed by atoms with van der Waals surface area (Å²) in [4.78, 5) is 16.3. The highest BCUT2D eigenvalue weighted by atomic mass is 16.5. The summed E-state index contributed by atoms with van der Waals surface area (Å²) in [5.74, 6) is 0.576. The predicted octanol–water partition coefficient (Wildman–Crippen LogP) is 3.87. The van der Waals surface area contributed by atoms with Gasteiger partial charge in [-0.05, 0) is 56.3 Å². The number of aromatic nitrogens is 1. The minimum absolute atomic E-state index is 0.120. The van der Waals surface area contributed by atoms with Crippen molar-refractivity contribution in [1.82, 2.24) is 4.98 Å². The number of oxazole rings is 1. The Morgan fingerprint density at radius 3 is 2.68 bits per heavy atom. The van der Waals surface area contributed by atoms with Gasteiger partial charge in [0.1, 0.15) is 11.3 Å². The molecule has 0 unspecified atom stereocenters. The molecule has 3 rings (SSSR count). The Morgan fingerprint density at radius 2 is 1.95 bits per heavy atom. The smallest absolute Gasteiger partial charge is 0.255 e. The zero-order valence-electron chi connectivity index (χ0n) is 12.4. The van der Waals surface area contributed by atoms with Crippen molar-refractivity contribution >= 4 is 22.7 Å². The zero-order valence-corrected chi connectivity index (χ0v) is 12.4. The average molecular weight is 296 g/mol. The summed E-state index contributed by atoms with van der Waals surface area (Å²) in [5.41, 5.74) is 2.55. The molecule has 0 saturated heterocycles. The summed E-state index contributed by atoms with van der Waals surface area (Å²) in [6, 6.07) is 12.4. The van der Waals surface area contributed by atoms with Crippen LogP contribution in [0, 0.1) is 0 Å². The van der Waals surface area contributed by atoms with E-state index >= 15 is 0 Å². The van der Waals surface area contributed by atoms with Crippen LogP contribution in [0.15, 0.2) is 53.3 Å². The third-order valence-electron chi connectivity index (χ3n) is 3.08. The number of carbonyl (C=O) groups excluding carboxylic acids is 1. The monoisotopic (exact) mass is 296 g/mol. The van der Waals surface area contributed by atoms with Crippen molar-refractivity contribution in [2.24, 2.45) is 0 Å². The molecule has 5 heteroatoms. The molecule has 112 valence electrons. The molecular weight excluding hydrogens is 280 g/mol. The molecule has 0 bridgehead atoms. The van der Waals surface area contributed by atoms with Crippen LogP contribution in [0.5, 0.6) is 5.75 Å². The molecule has 2 aromatic carbocycles. The normalized spacial score (nSPS) is 10.9. The maximum atomic E-state index is 12.2. The van der Waals surface area contributed by atoms with Crippen LogP contribution in [-0.4, -0.2) is 17.0 Å². The van der Waals surface area contributed by atoms with Crippen LogP contribution >= 0.6 is 0 Å². The highest BCUT2D eigenvalue weighted by Gasteiger charge is 2.09. The number of nitrogens with one attached hydrogen (secondary N) is 1. The van der Waals surface area contributed by atoms with E-state index in [1.165, 1.54) is 6.39 Å². The van der Waals surface area contributed by atoms with E-state index in [4.69, 9.17) is 9.15 Å². The van der Waals surface area contributed by atoms with Crippen LogP contribution in [0.1, 0.15) is 24.2 Å². The van der Waals surface area contributed by atoms with E-state index in [1.807, 2.05) is 38.1 Å². The molecule has 1 aromatic heterocycles. The van der Waals surface area contributed by atoms with Crippen LogP contribution in [0.2, 0.25) is 0 Å². The summed E-state index contributed by atoms with van der Waals surface area (Å²) in [7, 11) is 0. The van der Waals surface area contributed by atoms with Gasteiger partial charge in [0.15, 0.2) is 12.0 Å². The molecule has 5 nitrogen and oxygen atoms in total. The summed E-state index contributed by atoms with van der Waals surface area (Å²) in [5, 5.41) is 2.84. The van der Waals surface area contributed by atoms with Crippen molar-refractivity contribution in [3.63, 3.8) is 0 Å². The second-order valence-electron chi connectivity index (χ2n) is 5.18. The van der Waals surface area contributed by atoms with Gasteiger partial charge in [0.2, 0.25) is 0 Å². The van der Waals surface area contributed by atoms with Crippen molar-refractivity contribution in [2.75, 3.05) is 5.32 Å². The van der Waals surface area contributed by atoms with Gasteiger partial charge < -0.3 is 14.5 Å². The van der Waals surface area contributed by atoms with Crippen LogP contribution in [0.4, 0.5) is 5.69 Å². The molecular formula is C17H16N2O3. The Bertz CT molecular complexity index is 791. The topological polar surface area (TPSA) is 64.4 Å². The molecule has 1 heterocycles. The minimum Gasteiger partial charge on any atom is -0.491 e. The highest BCUT2D eigenvalue weighted by Crippen LogP contribution is 2.19. The summed E-state index contributed by atoms with van der Waals surface area (Å²) < 4.78 is 10.8. The fourth-order valence-electron chi connectivity index (χ4n) is 2.09. The van der Waals surface area contributed by atoms with Gasteiger partial charge in [0.05, 0.1) is 6.10 Å². The zero-order chi connectivity index (χ0) is 15.5. The number of fused-ring (bicyclic) bond motifs is 1. The largest absolute Gasteiger partial charge is 0.491 e. The Kier molecular flexibility index (Phi) is 3.78. The van der Waals surface area contributed by atoms with E-state index in [1.54, 1.807) is 18.2 Å².